The Morgan fingerprint density at radius 2 is 2.30 bits per heavy atom. The third-order valence-electron chi connectivity index (χ3n) is 3.05. The molecule has 1 aromatic rings. The van der Waals surface area contributed by atoms with Crippen LogP contribution in [0.15, 0.2) is 18.2 Å². The number of carbonyl (C=O) groups excluding carboxylic acids is 1. The molecule has 0 radical (unpaired) electrons. The maximum absolute atomic E-state index is 12.5. The highest BCUT2D eigenvalue weighted by Gasteiger charge is 2.22. The monoisotopic (exact) mass is 286 g/mol. The van der Waals surface area contributed by atoms with Crippen molar-refractivity contribution in [3.63, 3.8) is 0 Å². The van der Waals surface area contributed by atoms with Crippen molar-refractivity contribution in [1.29, 1.82) is 0 Å². The molecule has 2 N–H and O–H groups in total. The van der Waals surface area contributed by atoms with Crippen LogP contribution in [-0.4, -0.2) is 32.2 Å². The third kappa shape index (κ3) is 3.57. The van der Waals surface area contributed by atoms with Crippen molar-refractivity contribution in [2.75, 3.05) is 13.7 Å². The van der Waals surface area contributed by atoms with Gasteiger partial charge in [-0.1, -0.05) is 12.1 Å². The lowest BCUT2D eigenvalue weighted by Gasteiger charge is -2.16. The summed E-state index contributed by atoms with van der Waals surface area (Å²) in [6.07, 6.45) is 0.384. The molecule has 1 aromatic carbocycles. The highest BCUT2D eigenvalue weighted by molar-refractivity contribution is 5.78. The summed E-state index contributed by atoms with van der Waals surface area (Å²) in [5.41, 5.74) is 0.559. The van der Waals surface area contributed by atoms with Crippen LogP contribution in [-0.2, 0) is 11.3 Å². The molecule has 7 heteroatoms. The quantitative estimate of drug-likeness (QED) is 0.827. The van der Waals surface area contributed by atoms with E-state index >= 15 is 0 Å². The molecule has 0 bridgehead atoms. The van der Waals surface area contributed by atoms with Gasteiger partial charge in [-0.05, 0) is 6.07 Å². The van der Waals surface area contributed by atoms with Crippen molar-refractivity contribution in [2.45, 2.75) is 25.6 Å². The molecular weight excluding hydrogens is 270 g/mol. The predicted molar refractivity (Wildman–Crippen MR) is 67.9 cm³/mol. The van der Waals surface area contributed by atoms with Gasteiger partial charge in [0.15, 0.2) is 11.5 Å². The van der Waals surface area contributed by atoms with Gasteiger partial charge < -0.3 is 20.1 Å². The Hall–Kier alpha value is -1.89. The summed E-state index contributed by atoms with van der Waals surface area (Å²) in [7, 11) is 1.39. The number of hydrogen-bond donors (Lipinski definition) is 2. The summed E-state index contributed by atoms with van der Waals surface area (Å²) < 4.78 is 34.5. The largest absolute Gasteiger partial charge is 0.493 e. The van der Waals surface area contributed by atoms with Crippen molar-refractivity contribution in [3.8, 4) is 11.5 Å². The second-order valence-electron chi connectivity index (χ2n) is 4.41. The first-order chi connectivity index (χ1) is 9.60. The van der Waals surface area contributed by atoms with Crippen LogP contribution < -0.4 is 20.1 Å². The Morgan fingerprint density at radius 1 is 1.50 bits per heavy atom. The van der Waals surface area contributed by atoms with E-state index in [0.29, 0.717) is 25.1 Å². The summed E-state index contributed by atoms with van der Waals surface area (Å²) in [4.78, 5) is 11.1. The molecule has 1 amide bonds. The predicted octanol–water partition coefficient (Wildman–Crippen LogP) is 1.27. The van der Waals surface area contributed by atoms with E-state index in [1.165, 1.54) is 7.11 Å². The maximum Gasteiger partial charge on any atom is 0.387 e. The summed E-state index contributed by atoms with van der Waals surface area (Å²) >= 11 is 0. The Bertz CT molecular complexity index is 483. The van der Waals surface area contributed by atoms with Gasteiger partial charge in [-0.3, -0.25) is 4.79 Å². The molecule has 1 saturated heterocycles. The van der Waals surface area contributed by atoms with Crippen LogP contribution in [0.4, 0.5) is 8.78 Å². The summed E-state index contributed by atoms with van der Waals surface area (Å²) in [6.45, 7) is -2.06. The van der Waals surface area contributed by atoms with Crippen molar-refractivity contribution >= 4 is 5.91 Å². The van der Waals surface area contributed by atoms with E-state index in [0.717, 1.165) is 0 Å². The number of methoxy groups -OCH3 is 1. The number of amides is 1. The fraction of sp³-hybridized carbons (Fsp3) is 0.462. The van der Waals surface area contributed by atoms with E-state index in [4.69, 9.17) is 4.74 Å². The second kappa shape index (κ2) is 6.51. The van der Waals surface area contributed by atoms with Gasteiger partial charge in [0.25, 0.3) is 0 Å². The second-order valence-corrected chi connectivity index (χ2v) is 4.41. The SMILES string of the molecule is COc1cccc(CNC2CNC(=O)C2)c1OC(F)F. The standard InChI is InChI=1S/C13H16F2N2O3/c1-19-10-4-2-3-8(12(10)20-13(14)15)6-16-9-5-11(18)17-7-9/h2-4,9,13,16H,5-7H2,1H3,(H,17,18). The van der Waals surface area contributed by atoms with Gasteiger partial charge in [0.1, 0.15) is 0 Å². The molecule has 1 aliphatic rings. The molecule has 1 heterocycles. The van der Waals surface area contributed by atoms with Crippen molar-refractivity contribution in [1.82, 2.24) is 10.6 Å². The molecule has 0 aliphatic carbocycles. The van der Waals surface area contributed by atoms with E-state index in [2.05, 4.69) is 15.4 Å². The third-order valence-corrected chi connectivity index (χ3v) is 3.05. The normalized spacial score (nSPS) is 18.2. The van der Waals surface area contributed by atoms with E-state index in [1.807, 2.05) is 0 Å². The molecule has 1 fully saturated rings. The zero-order valence-electron chi connectivity index (χ0n) is 11.0. The number of halogens is 2. The van der Waals surface area contributed by atoms with Gasteiger partial charge in [0.2, 0.25) is 5.91 Å². The number of alkyl halides is 2. The van der Waals surface area contributed by atoms with Crippen molar-refractivity contribution < 1.29 is 23.0 Å². The number of benzene rings is 1. The number of carbonyl (C=O) groups is 1. The molecule has 1 unspecified atom stereocenters. The summed E-state index contributed by atoms with van der Waals surface area (Å²) in [5, 5.41) is 5.83. The van der Waals surface area contributed by atoms with Crippen LogP contribution in [0, 0.1) is 0 Å². The number of rotatable bonds is 6. The molecule has 0 saturated carbocycles. The Kier molecular flexibility index (Phi) is 4.73. The van der Waals surface area contributed by atoms with Crippen LogP contribution >= 0.6 is 0 Å². The smallest absolute Gasteiger partial charge is 0.387 e. The molecule has 0 aromatic heterocycles. The minimum absolute atomic E-state index is 0.00639. The molecule has 1 atom stereocenters. The van der Waals surface area contributed by atoms with Crippen LogP contribution in [0.1, 0.15) is 12.0 Å². The molecule has 20 heavy (non-hydrogen) atoms. The summed E-state index contributed by atoms with van der Waals surface area (Å²) in [6, 6.07) is 4.93. The lowest BCUT2D eigenvalue weighted by Crippen LogP contribution is -2.30. The lowest BCUT2D eigenvalue weighted by atomic mass is 10.1. The molecule has 5 nitrogen and oxygen atoms in total. The first-order valence-corrected chi connectivity index (χ1v) is 6.21. The molecule has 0 spiro atoms. The fourth-order valence-electron chi connectivity index (χ4n) is 2.09. The summed E-state index contributed by atoms with van der Waals surface area (Å²) in [5.74, 6) is 0.261. The van der Waals surface area contributed by atoms with Gasteiger partial charge >= 0.3 is 6.61 Å². The van der Waals surface area contributed by atoms with Gasteiger partial charge in [-0.15, -0.1) is 0 Å². The van der Waals surface area contributed by atoms with Crippen LogP contribution in [0.5, 0.6) is 11.5 Å². The Balaban J connectivity index is 2.07. The van der Waals surface area contributed by atoms with Crippen LogP contribution in [0.2, 0.25) is 0 Å². The Morgan fingerprint density at radius 3 is 2.90 bits per heavy atom. The van der Waals surface area contributed by atoms with Crippen LogP contribution in [0.25, 0.3) is 0 Å². The average molecular weight is 286 g/mol. The minimum Gasteiger partial charge on any atom is -0.493 e. The van der Waals surface area contributed by atoms with Crippen LogP contribution in [0.3, 0.4) is 0 Å². The zero-order chi connectivity index (χ0) is 14.5. The number of para-hydroxylation sites is 1. The van der Waals surface area contributed by atoms with Gasteiger partial charge in [0.05, 0.1) is 7.11 Å². The number of nitrogens with one attached hydrogen (secondary N) is 2. The van der Waals surface area contributed by atoms with Gasteiger partial charge in [0, 0.05) is 31.1 Å². The minimum atomic E-state index is -2.92. The van der Waals surface area contributed by atoms with Crippen molar-refractivity contribution in [3.05, 3.63) is 23.8 Å². The van der Waals surface area contributed by atoms with E-state index < -0.39 is 6.61 Å². The van der Waals surface area contributed by atoms with Gasteiger partial charge in [-0.25, -0.2) is 0 Å². The average Bonchev–Trinajstić information content (AvgIpc) is 2.82. The number of hydrogen-bond acceptors (Lipinski definition) is 4. The highest BCUT2D eigenvalue weighted by atomic mass is 19.3. The topological polar surface area (TPSA) is 59.6 Å². The van der Waals surface area contributed by atoms with Crippen molar-refractivity contribution in [2.24, 2.45) is 0 Å². The lowest BCUT2D eigenvalue weighted by molar-refractivity contribution is -0.119. The van der Waals surface area contributed by atoms with E-state index in [1.54, 1.807) is 18.2 Å². The first-order valence-electron chi connectivity index (χ1n) is 6.21. The molecular formula is C13H16F2N2O3. The molecule has 2 rings (SSSR count). The zero-order valence-corrected chi connectivity index (χ0v) is 11.0. The van der Waals surface area contributed by atoms with E-state index in [-0.39, 0.29) is 23.4 Å². The molecule has 110 valence electrons. The highest BCUT2D eigenvalue weighted by Crippen LogP contribution is 2.32. The molecule has 1 aliphatic heterocycles. The Labute approximate surface area is 115 Å². The van der Waals surface area contributed by atoms with E-state index in [9.17, 15) is 13.6 Å². The van der Waals surface area contributed by atoms with Gasteiger partial charge in [-0.2, -0.15) is 8.78 Å². The first kappa shape index (κ1) is 14.5. The fourth-order valence-corrected chi connectivity index (χ4v) is 2.09. The maximum atomic E-state index is 12.5. The number of ether oxygens (including phenoxy) is 2.